The molecule has 21 heavy (non-hydrogen) atoms. The fourth-order valence-electron chi connectivity index (χ4n) is 2.64. The van der Waals surface area contributed by atoms with Crippen molar-refractivity contribution in [3.8, 4) is 0 Å². The molecule has 0 amide bonds. The van der Waals surface area contributed by atoms with Gasteiger partial charge in [-0.2, -0.15) is 5.10 Å². The predicted octanol–water partition coefficient (Wildman–Crippen LogP) is 3.80. The molecule has 1 N–H and O–H groups in total. The Balaban J connectivity index is 2.76. The third-order valence-electron chi connectivity index (χ3n) is 3.98. The predicted molar refractivity (Wildman–Crippen MR) is 88.7 cm³/mol. The molecule has 0 bridgehead atoms. The van der Waals surface area contributed by atoms with Crippen LogP contribution in [-0.4, -0.2) is 28.5 Å². The van der Waals surface area contributed by atoms with Gasteiger partial charge in [0, 0.05) is 31.0 Å². The molecule has 0 aliphatic heterocycles. The average Bonchev–Trinajstić information content (AvgIpc) is 2.70. The molecule has 2 atom stereocenters. The van der Waals surface area contributed by atoms with E-state index < -0.39 is 0 Å². The highest BCUT2D eigenvalue weighted by molar-refractivity contribution is 5.20. The van der Waals surface area contributed by atoms with E-state index in [9.17, 15) is 0 Å². The first-order valence-corrected chi connectivity index (χ1v) is 7.84. The van der Waals surface area contributed by atoms with E-state index in [1.54, 1.807) is 7.11 Å². The summed E-state index contributed by atoms with van der Waals surface area (Å²) in [5.74, 6) is 0. The van der Waals surface area contributed by atoms with Crippen molar-refractivity contribution in [3.63, 3.8) is 0 Å². The van der Waals surface area contributed by atoms with Crippen LogP contribution >= 0.6 is 0 Å². The molecule has 0 saturated heterocycles. The lowest BCUT2D eigenvalue weighted by Gasteiger charge is -2.29. The van der Waals surface area contributed by atoms with Gasteiger partial charge in [-0.3, -0.25) is 4.68 Å². The maximum atomic E-state index is 5.51. The Bertz CT molecular complexity index is 457. The topological polar surface area (TPSA) is 39.1 Å². The van der Waals surface area contributed by atoms with Crippen LogP contribution in [0.1, 0.15) is 72.2 Å². The van der Waals surface area contributed by atoms with Crippen molar-refractivity contribution in [3.05, 3.63) is 17.5 Å². The molecule has 0 saturated carbocycles. The number of rotatable bonds is 6. The van der Waals surface area contributed by atoms with Gasteiger partial charge in [0.2, 0.25) is 0 Å². The zero-order chi connectivity index (χ0) is 16.4. The van der Waals surface area contributed by atoms with E-state index in [1.165, 1.54) is 5.56 Å². The summed E-state index contributed by atoms with van der Waals surface area (Å²) >= 11 is 0. The number of ether oxygens (including phenoxy) is 1. The van der Waals surface area contributed by atoms with Crippen molar-refractivity contribution in [1.29, 1.82) is 0 Å². The summed E-state index contributed by atoms with van der Waals surface area (Å²) in [7, 11) is 1.77. The first-order chi connectivity index (χ1) is 9.46. The summed E-state index contributed by atoms with van der Waals surface area (Å²) in [5, 5.41) is 8.31. The van der Waals surface area contributed by atoms with Gasteiger partial charge in [0.05, 0.1) is 16.8 Å². The van der Waals surface area contributed by atoms with Crippen LogP contribution in [0.5, 0.6) is 0 Å². The second-order valence-corrected chi connectivity index (χ2v) is 7.74. The van der Waals surface area contributed by atoms with Crippen molar-refractivity contribution in [2.75, 3.05) is 7.11 Å². The van der Waals surface area contributed by atoms with E-state index in [0.717, 1.165) is 12.1 Å². The third-order valence-corrected chi connectivity index (χ3v) is 3.98. The minimum Gasteiger partial charge on any atom is -0.379 e. The molecule has 122 valence electrons. The van der Waals surface area contributed by atoms with Crippen LogP contribution in [0.25, 0.3) is 0 Å². The van der Waals surface area contributed by atoms with Gasteiger partial charge in [0.15, 0.2) is 0 Å². The van der Waals surface area contributed by atoms with E-state index in [0.29, 0.717) is 6.04 Å². The fourth-order valence-corrected chi connectivity index (χ4v) is 2.64. The van der Waals surface area contributed by atoms with Gasteiger partial charge in [0.25, 0.3) is 0 Å². The second kappa shape index (κ2) is 6.49. The highest BCUT2D eigenvalue weighted by atomic mass is 16.5. The molecule has 0 spiro atoms. The maximum absolute atomic E-state index is 5.51. The van der Waals surface area contributed by atoms with Crippen molar-refractivity contribution in [2.24, 2.45) is 0 Å². The number of hydrogen-bond acceptors (Lipinski definition) is 3. The molecule has 1 aromatic heterocycles. The molecule has 1 aromatic rings. The zero-order valence-electron chi connectivity index (χ0n) is 15.2. The molecule has 0 radical (unpaired) electrons. The quantitative estimate of drug-likeness (QED) is 0.867. The molecule has 0 aliphatic rings. The van der Waals surface area contributed by atoms with E-state index in [1.807, 2.05) is 0 Å². The minimum atomic E-state index is -0.100. The first kappa shape index (κ1) is 18.2. The van der Waals surface area contributed by atoms with Crippen molar-refractivity contribution >= 4 is 0 Å². The van der Waals surface area contributed by atoms with Gasteiger partial charge >= 0.3 is 0 Å². The SMILES string of the molecule is COC(C)(C)C[C@H](C)N[C@H](C)c1cn(C(C)(C)C)nc1C. The Morgan fingerprint density at radius 1 is 1.24 bits per heavy atom. The van der Waals surface area contributed by atoms with Gasteiger partial charge in [-0.1, -0.05) is 0 Å². The molecule has 1 heterocycles. The Kier molecular flexibility index (Phi) is 5.62. The van der Waals surface area contributed by atoms with Gasteiger partial charge in [-0.05, 0) is 61.8 Å². The molecule has 0 fully saturated rings. The van der Waals surface area contributed by atoms with Crippen molar-refractivity contribution < 1.29 is 4.74 Å². The zero-order valence-corrected chi connectivity index (χ0v) is 15.2. The standard InChI is InChI=1S/C17H33N3O/c1-12(10-17(7,8)21-9)18-13(2)15-11-20(16(4,5)6)19-14(15)3/h11-13,18H,10H2,1-9H3/t12-,13+/m0/s1. The molecule has 0 unspecified atom stereocenters. The van der Waals surface area contributed by atoms with Crippen LogP contribution in [0, 0.1) is 6.92 Å². The van der Waals surface area contributed by atoms with Crippen LogP contribution in [0.4, 0.5) is 0 Å². The Morgan fingerprint density at radius 3 is 2.24 bits per heavy atom. The molecule has 0 aromatic carbocycles. The summed E-state index contributed by atoms with van der Waals surface area (Å²) in [4.78, 5) is 0. The molecule has 4 nitrogen and oxygen atoms in total. The maximum Gasteiger partial charge on any atom is 0.0641 e. The lowest BCUT2D eigenvalue weighted by Crippen LogP contribution is -2.37. The van der Waals surface area contributed by atoms with E-state index >= 15 is 0 Å². The van der Waals surface area contributed by atoms with E-state index in [2.05, 4.69) is 76.7 Å². The number of aromatic nitrogens is 2. The monoisotopic (exact) mass is 295 g/mol. The summed E-state index contributed by atoms with van der Waals surface area (Å²) in [6, 6.07) is 0.663. The van der Waals surface area contributed by atoms with Crippen LogP contribution in [0.2, 0.25) is 0 Å². The minimum absolute atomic E-state index is 0.0202. The number of hydrogen-bond donors (Lipinski definition) is 1. The van der Waals surface area contributed by atoms with Crippen LogP contribution in [0.3, 0.4) is 0 Å². The molecule has 4 heteroatoms. The van der Waals surface area contributed by atoms with Gasteiger partial charge in [-0.15, -0.1) is 0 Å². The normalized spacial score (nSPS) is 16.0. The highest BCUT2D eigenvalue weighted by Gasteiger charge is 2.23. The van der Waals surface area contributed by atoms with Crippen LogP contribution in [0.15, 0.2) is 6.20 Å². The Labute approximate surface area is 130 Å². The van der Waals surface area contributed by atoms with E-state index in [-0.39, 0.29) is 17.2 Å². The number of aryl methyl sites for hydroxylation is 1. The van der Waals surface area contributed by atoms with Crippen LogP contribution < -0.4 is 5.32 Å². The number of methoxy groups -OCH3 is 1. The molecule has 0 aliphatic carbocycles. The summed E-state index contributed by atoms with van der Waals surface area (Å²) in [6.07, 6.45) is 3.14. The smallest absolute Gasteiger partial charge is 0.0641 e. The van der Waals surface area contributed by atoms with Crippen molar-refractivity contribution in [2.45, 2.75) is 85.0 Å². The summed E-state index contributed by atoms with van der Waals surface area (Å²) < 4.78 is 7.57. The number of nitrogens with zero attached hydrogens (tertiary/aromatic N) is 2. The van der Waals surface area contributed by atoms with Gasteiger partial charge in [0.1, 0.15) is 0 Å². The largest absolute Gasteiger partial charge is 0.379 e. The van der Waals surface area contributed by atoms with Gasteiger partial charge in [-0.25, -0.2) is 0 Å². The number of nitrogens with one attached hydrogen (secondary N) is 1. The molecule has 1 rings (SSSR count). The second-order valence-electron chi connectivity index (χ2n) is 7.74. The van der Waals surface area contributed by atoms with E-state index in [4.69, 9.17) is 4.74 Å². The molecular formula is C17H33N3O. The average molecular weight is 295 g/mol. The first-order valence-electron chi connectivity index (χ1n) is 7.84. The summed E-state index contributed by atoms with van der Waals surface area (Å²) in [5.41, 5.74) is 2.29. The highest BCUT2D eigenvalue weighted by Crippen LogP contribution is 2.23. The third kappa shape index (κ3) is 5.11. The Morgan fingerprint density at radius 2 is 1.81 bits per heavy atom. The van der Waals surface area contributed by atoms with Crippen molar-refractivity contribution in [1.82, 2.24) is 15.1 Å². The van der Waals surface area contributed by atoms with Crippen LogP contribution in [-0.2, 0) is 10.3 Å². The lowest BCUT2D eigenvalue weighted by atomic mass is 9.98. The molecular weight excluding hydrogens is 262 g/mol. The summed E-state index contributed by atoms with van der Waals surface area (Å²) in [6.45, 7) is 17.3. The van der Waals surface area contributed by atoms with Gasteiger partial charge < -0.3 is 10.1 Å². The Hall–Kier alpha value is -0.870. The fraction of sp³-hybridized carbons (Fsp3) is 0.824. The lowest BCUT2D eigenvalue weighted by molar-refractivity contribution is 0.00782.